The summed E-state index contributed by atoms with van der Waals surface area (Å²) in [5, 5.41) is 16.9. The molecular formula is C20H25N3O5. The Morgan fingerprint density at radius 1 is 1.18 bits per heavy atom. The molecule has 0 aliphatic carbocycles. The number of rotatable bonds is 9. The minimum atomic E-state index is -0.537. The van der Waals surface area contributed by atoms with Gasteiger partial charge in [0.1, 0.15) is 11.5 Å². The molecule has 0 heterocycles. The Balaban J connectivity index is 2.04. The number of hydrogen-bond donors (Lipinski definition) is 2. The second kappa shape index (κ2) is 9.70. The normalized spacial score (nSPS) is 12.7. The summed E-state index contributed by atoms with van der Waals surface area (Å²) >= 11 is 0. The summed E-state index contributed by atoms with van der Waals surface area (Å²) in [6, 6.07) is 11.1. The standard InChI is InChI=1S/C20H25N3O5/c1-5-28-17-9-6-15(7-10-17)13(2)21-14(3)20(24)22-18-12-16(23(25)26)8-11-19(18)27-4/h6-14,21H,5H2,1-4H3,(H,22,24)/t13-,14-/m0/s1. The minimum Gasteiger partial charge on any atom is -0.495 e. The van der Waals surface area contributed by atoms with Crippen molar-refractivity contribution < 1.29 is 19.2 Å². The molecule has 0 aliphatic heterocycles. The number of nitrogens with zero attached hydrogens (tertiary/aromatic N) is 1. The number of amides is 1. The predicted molar refractivity (Wildman–Crippen MR) is 107 cm³/mol. The summed E-state index contributed by atoms with van der Waals surface area (Å²) in [7, 11) is 1.44. The van der Waals surface area contributed by atoms with E-state index >= 15 is 0 Å². The summed E-state index contributed by atoms with van der Waals surface area (Å²) in [6.45, 7) is 6.21. The molecule has 2 atom stereocenters. The van der Waals surface area contributed by atoms with Crippen LogP contribution in [0.5, 0.6) is 11.5 Å². The second-order valence-electron chi connectivity index (χ2n) is 6.24. The van der Waals surface area contributed by atoms with Crippen LogP contribution in [0.1, 0.15) is 32.4 Å². The molecule has 0 saturated heterocycles. The molecule has 2 aromatic rings. The molecule has 0 saturated carbocycles. The highest BCUT2D eigenvalue weighted by Crippen LogP contribution is 2.29. The van der Waals surface area contributed by atoms with Crippen molar-refractivity contribution in [3.8, 4) is 11.5 Å². The van der Waals surface area contributed by atoms with Gasteiger partial charge in [-0.05, 0) is 44.5 Å². The lowest BCUT2D eigenvalue weighted by Crippen LogP contribution is -2.39. The molecule has 0 aliphatic rings. The van der Waals surface area contributed by atoms with Crippen LogP contribution < -0.4 is 20.1 Å². The molecule has 150 valence electrons. The molecule has 0 bridgehead atoms. The topological polar surface area (TPSA) is 103 Å². The van der Waals surface area contributed by atoms with Crippen molar-refractivity contribution >= 4 is 17.3 Å². The maximum atomic E-state index is 12.5. The fraction of sp³-hybridized carbons (Fsp3) is 0.350. The number of nitrogens with one attached hydrogen (secondary N) is 2. The van der Waals surface area contributed by atoms with E-state index < -0.39 is 11.0 Å². The van der Waals surface area contributed by atoms with Gasteiger partial charge >= 0.3 is 0 Å². The number of benzene rings is 2. The molecule has 0 fully saturated rings. The maximum absolute atomic E-state index is 12.5. The van der Waals surface area contributed by atoms with E-state index in [4.69, 9.17) is 9.47 Å². The Bertz CT molecular complexity index is 823. The average Bonchev–Trinajstić information content (AvgIpc) is 2.68. The minimum absolute atomic E-state index is 0.0802. The molecule has 2 rings (SSSR count). The highest BCUT2D eigenvalue weighted by Gasteiger charge is 2.19. The van der Waals surface area contributed by atoms with Crippen LogP contribution in [0.4, 0.5) is 11.4 Å². The van der Waals surface area contributed by atoms with Crippen molar-refractivity contribution in [3.05, 3.63) is 58.1 Å². The van der Waals surface area contributed by atoms with Gasteiger partial charge in [0, 0.05) is 18.2 Å². The first-order valence-corrected chi connectivity index (χ1v) is 8.97. The number of hydrogen-bond acceptors (Lipinski definition) is 6. The van der Waals surface area contributed by atoms with Gasteiger partial charge in [-0.2, -0.15) is 0 Å². The van der Waals surface area contributed by atoms with Crippen molar-refractivity contribution in [2.75, 3.05) is 19.0 Å². The molecule has 0 spiro atoms. The van der Waals surface area contributed by atoms with Gasteiger partial charge in [0.2, 0.25) is 5.91 Å². The van der Waals surface area contributed by atoms with Crippen LogP contribution in [0.25, 0.3) is 0 Å². The molecule has 8 heteroatoms. The maximum Gasteiger partial charge on any atom is 0.271 e. The van der Waals surface area contributed by atoms with Gasteiger partial charge in [0.15, 0.2) is 0 Å². The van der Waals surface area contributed by atoms with Gasteiger partial charge in [-0.25, -0.2) is 0 Å². The van der Waals surface area contributed by atoms with Crippen molar-refractivity contribution in [1.29, 1.82) is 0 Å². The Hall–Kier alpha value is -3.13. The average molecular weight is 387 g/mol. The van der Waals surface area contributed by atoms with E-state index in [1.165, 1.54) is 25.3 Å². The smallest absolute Gasteiger partial charge is 0.271 e. The Morgan fingerprint density at radius 3 is 2.43 bits per heavy atom. The van der Waals surface area contributed by atoms with E-state index in [0.717, 1.165) is 11.3 Å². The SMILES string of the molecule is CCOc1ccc([C@H](C)N[C@@H](C)C(=O)Nc2cc([N+](=O)[O-])ccc2OC)cc1. The van der Waals surface area contributed by atoms with E-state index in [0.29, 0.717) is 12.4 Å². The van der Waals surface area contributed by atoms with Crippen LogP contribution in [-0.4, -0.2) is 30.6 Å². The van der Waals surface area contributed by atoms with Gasteiger partial charge in [0.25, 0.3) is 5.69 Å². The lowest BCUT2D eigenvalue weighted by molar-refractivity contribution is -0.384. The van der Waals surface area contributed by atoms with Gasteiger partial charge in [0.05, 0.1) is 30.4 Å². The van der Waals surface area contributed by atoms with E-state index in [1.807, 2.05) is 38.1 Å². The third kappa shape index (κ3) is 5.43. The lowest BCUT2D eigenvalue weighted by atomic mass is 10.1. The van der Waals surface area contributed by atoms with Crippen LogP contribution in [0.2, 0.25) is 0 Å². The van der Waals surface area contributed by atoms with E-state index in [-0.39, 0.29) is 23.3 Å². The number of nitro groups is 1. The van der Waals surface area contributed by atoms with Gasteiger partial charge in [-0.1, -0.05) is 12.1 Å². The second-order valence-corrected chi connectivity index (χ2v) is 6.24. The molecular weight excluding hydrogens is 362 g/mol. The number of carbonyl (C=O) groups excluding carboxylic acids is 1. The Morgan fingerprint density at radius 2 is 1.86 bits per heavy atom. The third-order valence-corrected chi connectivity index (χ3v) is 4.24. The van der Waals surface area contributed by atoms with Crippen molar-refractivity contribution in [3.63, 3.8) is 0 Å². The fourth-order valence-electron chi connectivity index (χ4n) is 2.71. The van der Waals surface area contributed by atoms with E-state index in [1.54, 1.807) is 6.92 Å². The van der Waals surface area contributed by atoms with Crippen LogP contribution in [-0.2, 0) is 4.79 Å². The summed E-state index contributed by atoms with van der Waals surface area (Å²) in [4.78, 5) is 23.0. The quantitative estimate of drug-likeness (QED) is 0.503. The number of methoxy groups -OCH3 is 1. The number of ether oxygens (including phenoxy) is 2. The lowest BCUT2D eigenvalue weighted by Gasteiger charge is -2.20. The Labute approximate surface area is 164 Å². The van der Waals surface area contributed by atoms with Gasteiger partial charge < -0.3 is 14.8 Å². The number of nitro benzene ring substituents is 1. The van der Waals surface area contributed by atoms with E-state index in [9.17, 15) is 14.9 Å². The number of carbonyl (C=O) groups is 1. The zero-order valence-corrected chi connectivity index (χ0v) is 16.4. The van der Waals surface area contributed by atoms with Crippen LogP contribution in [0.3, 0.4) is 0 Å². The monoisotopic (exact) mass is 387 g/mol. The summed E-state index contributed by atoms with van der Waals surface area (Å²) in [6.07, 6.45) is 0. The zero-order chi connectivity index (χ0) is 20.7. The first-order chi connectivity index (χ1) is 13.3. The first-order valence-electron chi connectivity index (χ1n) is 8.97. The number of anilines is 1. The molecule has 2 N–H and O–H groups in total. The molecule has 28 heavy (non-hydrogen) atoms. The van der Waals surface area contributed by atoms with Crippen molar-refractivity contribution in [2.45, 2.75) is 32.9 Å². The summed E-state index contributed by atoms with van der Waals surface area (Å²) in [5.74, 6) is 0.823. The molecule has 1 amide bonds. The third-order valence-electron chi connectivity index (χ3n) is 4.24. The van der Waals surface area contributed by atoms with Gasteiger partial charge in [-0.3, -0.25) is 20.2 Å². The molecule has 2 aromatic carbocycles. The highest BCUT2D eigenvalue weighted by atomic mass is 16.6. The fourth-order valence-corrected chi connectivity index (χ4v) is 2.71. The molecule has 0 aromatic heterocycles. The molecule has 8 nitrogen and oxygen atoms in total. The van der Waals surface area contributed by atoms with Crippen LogP contribution in [0, 0.1) is 10.1 Å². The van der Waals surface area contributed by atoms with Crippen LogP contribution >= 0.6 is 0 Å². The largest absolute Gasteiger partial charge is 0.495 e. The molecule has 0 radical (unpaired) electrons. The van der Waals surface area contributed by atoms with Crippen molar-refractivity contribution in [2.24, 2.45) is 0 Å². The van der Waals surface area contributed by atoms with Crippen molar-refractivity contribution in [1.82, 2.24) is 5.32 Å². The highest BCUT2D eigenvalue weighted by molar-refractivity contribution is 5.96. The van der Waals surface area contributed by atoms with Gasteiger partial charge in [-0.15, -0.1) is 0 Å². The zero-order valence-electron chi connectivity index (χ0n) is 16.4. The summed E-state index contributed by atoms with van der Waals surface area (Å²) in [5.41, 5.74) is 1.14. The summed E-state index contributed by atoms with van der Waals surface area (Å²) < 4.78 is 10.6. The first kappa shape index (κ1) is 21.2. The Kier molecular flexibility index (Phi) is 7.34. The molecule has 0 unspecified atom stereocenters. The van der Waals surface area contributed by atoms with E-state index in [2.05, 4.69) is 10.6 Å². The predicted octanol–water partition coefficient (Wildman–Crippen LogP) is 3.68. The van der Waals surface area contributed by atoms with Crippen LogP contribution in [0.15, 0.2) is 42.5 Å². The number of non-ortho nitro benzene ring substituents is 1.